The van der Waals surface area contributed by atoms with Crippen molar-refractivity contribution in [3.05, 3.63) is 60.3 Å². The van der Waals surface area contributed by atoms with E-state index < -0.39 is 5.91 Å². The third-order valence-electron chi connectivity index (χ3n) is 3.74. The molecule has 0 fully saturated rings. The van der Waals surface area contributed by atoms with Crippen LogP contribution in [-0.2, 0) is 0 Å². The largest absolute Gasteiger partial charge is 0.366 e. The third-order valence-corrected chi connectivity index (χ3v) is 3.74. The van der Waals surface area contributed by atoms with Crippen molar-refractivity contribution in [2.45, 2.75) is 0 Å². The molecular weight excluding hydrogens is 276 g/mol. The first-order chi connectivity index (χ1) is 10.7. The number of rotatable bonds is 2. The number of amides is 1. The molecule has 2 heterocycles. The van der Waals surface area contributed by atoms with Gasteiger partial charge in [-0.3, -0.25) is 14.9 Å². The number of aromatic nitrogens is 3. The van der Waals surface area contributed by atoms with Crippen molar-refractivity contribution in [3.63, 3.8) is 0 Å². The zero-order valence-electron chi connectivity index (χ0n) is 11.6. The monoisotopic (exact) mass is 288 g/mol. The second-order valence-corrected chi connectivity index (χ2v) is 5.08. The van der Waals surface area contributed by atoms with Crippen LogP contribution in [0, 0.1) is 0 Å². The van der Waals surface area contributed by atoms with Crippen molar-refractivity contribution in [1.29, 1.82) is 0 Å². The first-order valence-corrected chi connectivity index (χ1v) is 6.86. The first-order valence-electron chi connectivity index (χ1n) is 6.86. The van der Waals surface area contributed by atoms with E-state index >= 15 is 0 Å². The third kappa shape index (κ3) is 1.83. The van der Waals surface area contributed by atoms with Gasteiger partial charge in [-0.2, -0.15) is 5.10 Å². The normalized spacial score (nSPS) is 11.1. The van der Waals surface area contributed by atoms with E-state index in [1.165, 1.54) is 0 Å². The van der Waals surface area contributed by atoms with Crippen molar-refractivity contribution in [3.8, 4) is 11.3 Å². The Balaban J connectivity index is 1.96. The predicted octanol–water partition coefficient (Wildman–Crippen LogP) is 2.88. The van der Waals surface area contributed by atoms with Crippen LogP contribution in [0.4, 0.5) is 0 Å². The van der Waals surface area contributed by atoms with E-state index in [2.05, 4.69) is 33.4 Å². The second kappa shape index (κ2) is 4.66. The maximum absolute atomic E-state index is 11.5. The van der Waals surface area contributed by atoms with E-state index in [0.717, 1.165) is 16.3 Å². The van der Waals surface area contributed by atoms with Crippen LogP contribution in [0.3, 0.4) is 0 Å². The Hall–Kier alpha value is -3.21. The maximum Gasteiger partial charge on any atom is 0.251 e. The molecule has 0 saturated heterocycles. The lowest BCUT2D eigenvalue weighted by Crippen LogP contribution is -2.11. The van der Waals surface area contributed by atoms with E-state index in [1.807, 2.05) is 24.3 Å². The van der Waals surface area contributed by atoms with Crippen LogP contribution in [0.25, 0.3) is 33.1 Å². The summed E-state index contributed by atoms with van der Waals surface area (Å²) in [5, 5.41) is 9.48. The Morgan fingerprint density at radius 3 is 2.68 bits per heavy atom. The molecular formula is C17H12N4O. The molecule has 0 spiro atoms. The summed E-state index contributed by atoms with van der Waals surface area (Å²) in [6.45, 7) is 0. The Kier molecular flexibility index (Phi) is 2.66. The number of hydrogen-bond acceptors (Lipinski definition) is 3. The lowest BCUT2D eigenvalue weighted by atomic mass is 10.0. The lowest BCUT2D eigenvalue weighted by molar-refractivity contribution is 0.100. The molecule has 0 bridgehead atoms. The summed E-state index contributed by atoms with van der Waals surface area (Å²) in [6.07, 6.45) is 1.57. The number of carbonyl (C=O) groups is 1. The van der Waals surface area contributed by atoms with E-state index in [-0.39, 0.29) is 0 Å². The van der Waals surface area contributed by atoms with Crippen LogP contribution in [-0.4, -0.2) is 21.1 Å². The molecule has 2 aromatic heterocycles. The number of carbonyl (C=O) groups excluding carboxylic acids is 1. The molecule has 106 valence electrons. The highest BCUT2D eigenvalue weighted by atomic mass is 16.1. The van der Waals surface area contributed by atoms with Crippen LogP contribution in [0.2, 0.25) is 0 Å². The van der Waals surface area contributed by atoms with Gasteiger partial charge in [-0.25, -0.2) is 0 Å². The molecule has 2 aromatic carbocycles. The molecule has 5 heteroatoms. The van der Waals surface area contributed by atoms with Crippen molar-refractivity contribution in [2.75, 3.05) is 0 Å². The van der Waals surface area contributed by atoms with Crippen molar-refractivity contribution < 1.29 is 4.79 Å². The van der Waals surface area contributed by atoms with Gasteiger partial charge in [-0.1, -0.05) is 36.4 Å². The number of hydrogen-bond donors (Lipinski definition) is 2. The summed E-state index contributed by atoms with van der Waals surface area (Å²) in [5.74, 6) is -0.499. The number of nitrogens with one attached hydrogen (secondary N) is 1. The average Bonchev–Trinajstić information content (AvgIpc) is 2.98. The van der Waals surface area contributed by atoms with Crippen molar-refractivity contribution >= 4 is 27.7 Å². The number of primary amides is 1. The molecule has 0 aliphatic carbocycles. The average molecular weight is 288 g/mol. The van der Waals surface area contributed by atoms with Gasteiger partial charge in [0.1, 0.15) is 11.2 Å². The molecule has 1 amide bonds. The minimum atomic E-state index is -0.499. The highest BCUT2D eigenvalue weighted by Gasteiger charge is 2.15. The molecule has 0 aliphatic heterocycles. The highest BCUT2D eigenvalue weighted by molar-refractivity contribution is 6.06. The number of aromatic amines is 1. The molecule has 0 unspecified atom stereocenters. The topological polar surface area (TPSA) is 84.7 Å². The van der Waals surface area contributed by atoms with Gasteiger partial charge in [0.2, 0.25) is 0 Å². The van der Waals surface area contributed by atoms with Crippen LogP contribution >= 0.6 is 0 Å². The number of H-pyrrole nitrogens is 1. The maximum atomic E-state index is 11.5. The van der Waals surface area contributed by atoms with Crippen LogP contribution in [0.1, 0.15) is 10.4 Å². The fourth-order valence-electron chi connectivity index (χ4n) is 2.66. The fraction of sp³-hybridized carbons (Fsp3) is 0. The molecule has 4 aromatic rings. The minimum Gasteiger partial charge on any atom is -0.366 e. The van der Waals surface area contributed by atoms with Gasteiger partial charge in [0, 0.05) is 11.8 Å². The van der Waals surface area contributed by atoms with Gasteiger partial charge in [0.15, 0.2) is 0 Å². The summed E-state index contributed by atoms with van der Waals surface area (Å²) in [4.78, 5) is 15.8. The van der Waals surface area contributed by atoms with E-state index in [1.54, 1.807) is 12.3 Å². The zero-order chi connectivity index (χ0) is 15.1. The fourth-order valence-corrected chi connectivity index (χ4v) is 2.66. The molecule has 0 saturated carbocycles. The summed E-state index contributed by atoms with van der Waals surface area (Å²) in [5.41, 5.74) is 8.65. The second-order valence-electron chi connectivity index (χ2n) is 5.08. The van der Waals surface area contributed by atoms with Gasteiger partial charge in [0.25, 0.3) is 5.91 Å². The number of fused-ring (bicyclic) bond motifs is 2. The zero-order valence-corrected chi connectivity index (χ0v) is 11.6. The van der Waals surface area contributed by atoms with E-state index in [4.69, 9.17) is 5.73 Å². The van der Waals surface area contributed by atoms with Gasteiger partial charge in [-0.15, -0.1) is 0 Å². The molecule has 4 rings (SSSR count). The van der Waals surface area contributed by atoms with Gasteiger partial charge in [-0.05, 0) is 22.9 Å². The predicted molar refractivity (Wildman–Crippen MR) is 85.3 cm³/mol. The van der Waals surface area contributed by atoms with E-state index in [0.29, 0.717) is 22.3 Å². The molecule has 0 radical (unpaired) electrons. The van der Waals surface area contributed by atoms with Gasteiger partial charge >= 0.3 is 0 Å². The molecule has 0 atom stereocenters. The Bertz CT molecular complexity index is 1020. The summed E-state index contributed by atoms with van der Waals surface area (Å²) in [7, 11) is 0. The summed E-state index contributed by atoms with van der Waals surface area (Å²) < 4.78 is 0. The number of nitrogens with zero attached hydrogens (tertiary/aromatic N) is 2. The van der Waals surface area contributed by atoms with E-state index in [9.17, 15) is 4.79 Å². The highest BCUT2D eigenvalue weighted by Crippen LogP contribution is 2.28. The van der Waals surface area contributed by atoms with Crippen LogP contribution < -0.4 is 5.73 Å². The Morgan fingerprint density at radius 2 is 1.86 bits per heavy atom. The summed E-state index contributed by atoms with van der Waals surface area (Å²) in [6, 6.07) is 15.8. The minimum absolute atomic E-state index is 0.393. The number of nitrogens with two attached hydrogens (primary N) is 1. The lowest BCUT2D eigenvalue weighted by Gasteiger charge is -2.02. The van der Waals surface area contributed by atoms with Crippen LogP contribution in [0.15, 0.2) is 54.7 Å². The smallest absolute Gasteiger partial charge is 0.251 e. The van der Waals surface area contributed by atoms with Gasteiger partial charge < -0.3 is 5.73 Å². The molecule has 3 N–H and O–H groups in total. The SMILES string of the molecule is NC(=O)c1ccnc2c(-c3ccc4ccccc4c3)n[nH]c12. The Morgan fingerprint density at radius 1 is 1.05 bits per heavy atom. The molecule has 5 nitrogen and oxygen atoms in total. The quantitative estimate of drug-likeness (QED) is 0.594. The number of benzene rings is 2. The molecule has 0 aliphatic rings. The summed E-state index contributed by atoms with van der Waals surface area (Å²) >= 11 is 0. The number of pyridine rings is 1. The van der Waals surface area contributed by atoms with Crippen molar-refractivity contribution in [1.82, 2.24) is 15.2 Å². The first kappa shape index (κ1) is 12.5. The van der Waals surface area contributed by atoms with Gasteiger partial charge in [0.05, 0.1) is 11.1 Å². The Labute approximate surface area is 125 Å². The van der Waals surface area contributed by atoms with Crippen LogP contribution in [0.5, 0.6) is 0 Å². The molecule has 22 heavy (non-hydrogen) atoms. The standard InChI is InChI=1S/C17H12N4O/c18-17(22)13-7-8-19-16-14(20-21-15(13)16)12-6-5-10-3-1-2-4-11(10)9-12/h1-9H,(H2,18,22)(H,20,21). The van der Waals surface area contributed by atoms with Crippen molar-refractivity contribution in [2.24, 2.45) is 5.73 Å².